The Morgan fingerprint density at radius 3 is 2.83 bits per heavy atom. The van der Waals surface area contributed by atoms with Crippen LogP contribution in [0.4, 0.5) is 0 Å². The Kier molecular flexibility index (Phi) is 3.81. The largest absolute Gasteiger partial charge is 0.467 e. The Morgan fingerprint density at radius 1 is 1.42 bits per heavy atom. The highest BCUT2D eigenvalue weighted by Crippen LogP contribution is 2.20. The second-order valence-electron chi connectivity index (χ2n) is 2.46. The average molecular weight is 278 g/mol. The highest BCUT2D eigenvalue weighted by molar-refractivity contribution is 14.1. The molecule has 0 N–H and O–H groups in total. The van der Waals surface area contributed by atoms with Crippen molar-refractivity contribution in [2.45, 2.75) is 6.92 Å². The van der Waals surface area contributed by atoms with E-state index in [-0.39, 0.29) is 0 Å². The first-order valence-electron chi connectivity index (χ1n) is 3.62. The zero-order chi connectivity index (χ0) is 8.97. The predicted octanol–water partition coefficient (Wildman–Crippen LogP) is 2.58. The van der Waals surface area contributed by atoms with Crippen LogP contribution in [0.25, 0.3) is 0 Å². The number of hydrogen-bond acceptors (Lipinski definition) is 2. The van der Waals surface area contributed by atoms with E-state index in [9.17, 15) is 0 Å². The minimum absolute atomic E-state index is 0.306. The van der Waals surface area contributed by atoms with Crippen LogP contribution in [0.2, 0.25) is 0 Å². The normalized spacial score (nSPS) is 9.92. The van der Waals surface area contributed by atoms with Crippen molar-refractivity contribution < 1.29 is 9.47 Å². The smallest absolute Gasteiger partial charge is 0.188 e. The number of rotatable bonds is 3. The van der Waals surface area contributed by atoms with Crippen LogP contribution in [0.3, 0.4) is 0 Å². The maximum Gasteiger partial charge on any atom is 0.188 e. The third kappa shape index (κ3) is 2.64. The van der Waals surface area contributed by atoms with Crippen molar-refractivity contribution in [1.29, 1.82) is 0 Å². The summed E-state index contributed by atoms with van der Waals surface area (Å²) in [5.74, 6) is 0.892. The van der Waals surface area contributed by atoms with Gasteiger partial charge in [-0.15, -0.1) is 0 Å². The first kappa shape index (κ1) is 9.80. The Labute approximate surface area is 86.0 Å². The Balaban J connectivity index is 2.75. The zero-order valence-electron chi connectivity index (χ0n) is 7.13. The molecule has 66 valence electrons. The van der Waals surface area contributed by atoms with Gasteiger partial charge in [0.25, 0.3) is 0 Å². The maximum absolute atomic E-state index is 5.34. The van der Waals surface area contributed by atoms with E-state index in [1.165, 1.54) is 3.57 Å². The maximum atomic E-state index is 5.34. The molecule has 0 amide bonds. The molecule has 0 heterocycles. The molecule has 0 aromatic heterocycles. The van der Waals surface area contributed by atoms with Crippen LogP contribution >= 0.6 is 22.6 Å². The Hall–Kier alpha value is -0.290. The monoisotopic (exact) mass is 278 g/mol. The molecule has 1 aromatic rings. The van der Waals surface area contributed by atoms with Crippen molar-refractivity contribution >= 4 is 22.6 Å². The van der Waals surface area contributed by atoms with Crippen LogP contribution < -0.4 is 4.74 Å². The lowest BCUT2D eigenvalue weighted by Gasteiger charge is -2.07. The van der Waals surface area contributed by atoms with Crippen LogP contribution in [-0.4, -0.2) is 13.9 Å². The van der Waals surface area contributed by atoms with Crippen molar-refractivity contribution in [3.8, 4) is 5.75 Å². The fourth-order valence-electron chi connectivity index (χ4n) is 0.852. The lowest BCUT2D eigenvalue weighted by atomic mass is 10.2. The van der Waals surface area contributed by atoms with Gasteiger partial charge in [-0.2, -0.15) is 0 Å². The molecule has 0 spiro atoms. The molecule has 1 rings (SSSR count). The molecular weight excluding hydrogens is 267 g/mol. The summed E-state index contributed by atoms with van der Waals surface area (Å²) < 4.78 is 11.3. The molecule has 0 bridgehead atoms. The minimum atomic E-state index is 0.306. The Morgan fingerprint density at radius 2 is 2.17 bits per heavy atom. The standard InChI is InChI=1S/C9H11IO2/c1-7-3-4-8(10)5-9(7)12-6-11-2/h3-5H,6H2,1-2H3. The molecule has 0 atom stereocenters. The van der Waals surface area contributed by atoms with Crippen LogP contribution in [0.1, 0.15) is 5.56 Å². The fourth-order valence-corrected chi connectivity index (χ4v) is 1.31. The molecule has 0 aliphatic rings. The molecular formula is C9H11IO2. The van der Waals surface area contributed by atoms with Crippen LogP contribution in [0, 0.1) is 10.5 Å². The number of methoxy groups -OCH3 is 1. The molecule has 0 radical (unpaired) electrons. The number of halogens is 1. The van der Waals surface area contributed by atoms with Gasteiger partial charge in [-0.1, -0.05) is 6.07 Å². The summed E-state index contributed by atoms with van der Waals surface area (Å²) in [7, 11) is 1.61. The average Bonchev–Trinajstić information content (AvgIpc) is 2.07. The second-order valence-corrected chi connectivity index (χ2v) is 3.71. The van der Waals surface area contributed by atoms with E-state index in [1.807, 2.05) is 19.1 Å². The molecule has 0 saturated carbocycles. The van der Waals surface area contributed by atoms with E-state index in [2.05, 4.69) is 28.7 Å². The van der Waals surface area contributed by atoms with E-state index in [4.69, 9.17) is 9.47 Å². The summed E-state index contributed by atoms with van der Waals surface area (Å²) in [6.07, 6.45) is 0. The van der Waals surface area contributed by atoms with Gasteiger partial charge in [0.15, 0.2) is 6.79 Å². The summed E-state index contributed by atoms with van der Waals surface area (Å²) in [6, 6.07) is 6.08. The molecule has 1 aromatic carbocycles. The molecule has 12 heavy (non-hydrogen) atoms. The molecule has 0 fully saturated rings. The topological polar surface area (TPSA) is 18.5 Å². The number of benzene rings is 1. The molecule has 0 unspecified atom stereocenters. The summed E-state index contributed by atoms with van der Waals surface area (Å²) in [4.78, 5) is 0. The van der Waals surface area contributed by atoms with E-state index in [1.54, 1.807) is 7.11 Å². The lowest BCUT2D eigenvalue weighted by Crippen LogP contribution is -2.00. The highest BCUT2D eigenvalue weighted by atomic mass is 127. The van der Waals surface area contributed by atoms with Gasteiger partial charge >= 0.3 is 0 Å². The molecule has 0 aliphatic carbocycles. The third-order valence-electron chi connectivity index (χ3n) is 1.48. The van der Waals surface area contributed by atoms with Gasteiger partial charge in [-0.05, 0) is 47.2 Å². The Bertz CT molecular complexity index is 261. The van der Waals surface area contributed by atoms with Crippen LogP contribution in [0.15, 0.2) is 18.2 Å². The summed E-state index contributed by atoms with van der Waals surface area (Å²) >= 11 is 2.25. The van der Waals surface area contributed by atoms with Gasteiger partial charge in [-0.25, -0.2) is 0 Å². The van der Waals surface area contributed by atoms with E-state index in [0.717, 1.165) is 11.3 Å². The number of aryl methyl sites for hydroxylation is 1. The first-order valence-corrected chi connectivity index (χ1v) is 4.70. The summed E-state index contributed by atoms with van der Waals surface area (Å²) in [6.45, 7) is 2.32. The van der Waals surface area contributed by atoms with Crippen molar-refractivity contribution in [2.24, 2.45) is 0 Å². The fraction of sp³-hybridized carbons (Fsp3) is 0.333. The molecule has 0 saturated heterocycles. The first-order chi connectivity index (χ1) is 5.74. The van der Waals surface area contributed by atoms with Gasteiger partial charge in [-0.3, -0.25) is 0 Å². The molecule has 2 nitrogen and oxygen atoms in total. The van der Waals surface area contributed by atoms with Crippen LogP contribution in [-0.2, 0) is 4.74 Å². The van der Waals surface area contributed by atoms with Gasteiger partial charge in [0, 0.05) is 10.7 Å². The lowest BCUT2D eigenvalue weighted by molar-refractivity contribution is 0.0506. The molecule has 3 heteroatoms. The van der Waals surface area contributed by atoms with Crippen molar-refractivity contribution in [3.05, 3.63) is 27.3 Å². The molecule has 0 aliphatic heterocycles. The van der Waals surface area contributed by atoms with Crippen LogP contribution in [0.5, 0.6) is 5.75 Å². The summed E-state index contributed by atoms with van der Waals surface area (Å²) in [5, 5.41) is 0. The van der Waals surface area contributed by atoms with E-state index >= 15 is 0 Å². The number of hydrogen-bond donors (Lipinski definition) is 0. The van der Waals surface area contributed by atoms with Gasteiger partial charge in [0.2, 0.25) is 0 Å². The van der Waals surface area contributed by atoms with Gasteiger partial charge < -0.3 is 9.47 Å². The van der Waals surface area contributed by atoms with E-state index in [0.29, 0.717) is 6.79 Å². The highest BCUT2D eigenvalue weighted by Gasteiger charge is 1.98. The summed E-state index contributed by atoms with van der Waals surface area (Å²) in [5.41, 5.74) is 1.13. The van der Waals surface area contributed by atoms with Gasteiger partial charge in [0.05, 0.1) is 0 Å². The zero-order valence-corrected chi connectivity index (χ0v) is 9.29. The second kappa shape index (κ2) is 4.67. The third-order valence-corrected chi connectivity index (χ3v) is 2.15. The SMILES string of the molecule is COCOc1cc(I)ccc1C. The number of ether oxygens (including phenoxy) is 2. The minimum Gasteiger partial charge on any atom is -0.467 e. The van der Waals surface area contributed by atoms with Crippen molar-refractivity contribution in [1.82, 2.24) is 0 Å². The van der Waals surface area contributed by atoms with Gasteiger partial charge in [0.1, 0.15) is 5.75 Å². The quantitative estimate of drug-likeness (QED) is 0.625. The van der Waals surface area contributed by atoms with Crippen molar-refractivity contribution in [3.63, 3.8) is 0 Å². The predicted molar refractivity (Wildman–Crippen MR) is 56.4 cm³/mol. The van der Waals surface area contributed by atoms with Crippen molar-refractivity contribution in [2.75, 3.05) is 13.9 Å². The van der Waals surface area contributed by atoms with E-state index < -0.39 is 0 Å².